The van der Waals surface area contributed by atoms with E-state index in [1.165, 1.54) is 0 Å². The minimum atomic E-state index is -0.458. The summed E-state index contributed by atoms with van der Waals surface area (Å²) in [5, 5.41) is 12.3. The Hall–Kier alpha value is -2.88. The van der Waals surface area contributed by atoms with Crippen molar-refractivity contribution in [3.63, 3.8) is 0 Å². The van der Waals surface area contributed by atoms with Crippen molar-refractivity contribution in [2.24, 2.45) is 0 Å². The molecule has 0 aliphatic rings. The third-order valence-electron chi connectivity index (χ3n) is 4.51. The van der Waals surface area contributed by atoms with Gasteiger partial charge in [-0.1, -0.05) is 62.2 Å². The Kier molecular flexibility index (Phi) is 8.05. The van der Waals surface area contributed by atoms with Gasteiger partial charge in [-0.3, -0.25) is 4.79 Å². The second kappa shape index (κ2) is 10.9. The Morgan fingerprint density at radius 3 is 2.48 bits per heavy atom. The minimum absolute atomic E-state index is 0.0175. The van der Waals surface area contributed by atoms with Crippen LogP contribution in [0.4, 0.5) is 5.69 Å². The van der Waals surface area contributed by atoms with Gasteiger partial charge in [-0.2, -0.15) is 5.26 Å². The number of anilines is 1. The van der Waals surface area contributed by atoms with Gasteiger partial charge in [-0.15, -0.1) is 0 Å². The maximum atomic E-state index is 12.5. The summed E-state index contributed by atoms with van der Waals surface area (Å²) in [6.45, 7) is 2.45. The average molecular weight is 540 g/mol. The second-order valence-corrected chi connectivity index (χ2v) is 8.47. The SMILES string of the molecule is CCOc1cc(/C=C(\C#N)C(=O)Nc2ccc(Br)cc2)ccc1Cc1ccccc1Br. The molecule has 4 nitrogen and oxygen atoms in total. The lowest BCUT2D eigenvalue weighted by atomic mass is 10.0. The van der Waals surface area contributed by atoms with E-state index in [0.29, 0.717) is 18.7 Å². The fraction of sp³-hybridized carbons (Fsp3) is 0.120. The van der Waals surface area contributed by atoms with E-state index < -0.39 is 5.91 Å². The molecular formula is C25H20Br2N2O2. The Balaban J connectivity index is 1.85. The maximum Gasteiger partial charge on any atom is 0.266 e. The van der Waals surface area contributed by atoms with Gasteiger partial charge in [-0.05, 0) is 66.1 Å². The Morgan fingerprint density at radius 1 is 1.06 bits per heavy atom. The zero-order valence-electron chi connectivity index (χ0n) is 16.9. The summed E-state index contributed by atoms with van der Waals surface area (Å²) in [7, 11) is 0. The van der Waals surface area contributed by atoms with E-state index in [1.54, 1.807) is 18.2 Å². The molecule has 6 heteroatoms. The van der Waals surface area contributed by atoms with Crippen LogP contribution in [-0.2, 0) is 11.2 Å². The monoisotopic (exact) mass is 538 g/mol. The molecule has 1 N–H and O–H groups in total. The van der Waals surface area contributed by atoms with Crippen molar-refractivity contribution in [3.05, 3.63) is 97.9 Å². The first-order valence-corrected chi connectivity index (χ1v) is 11.3. The van der Waals surface area contributed by atoms with Crippen LogP contribution in [0.25, 0.3) is 6.08 Å². The quantitative estimate of drug-likeness (QED) is 0.267. The van der Waals surface area contributed by atoms with E-state index in [4.69, 9.17) is 4.74 Å². The van der Waals surface area contributed by atoms with Crippen LogP contribution in [0.15, 0.2) is 81.2 Å². The molecule has 0 saturated carbocycles. The van der Waals surface area contributed by atoms with Gasteiger partial charge in [-0.25, -0.2) is 0 Å². The highest BCUT2D eigenvalue weighted by Gasteiger charge is 2.12. The van der Waals surface area contributed by atoms with Crippen LogP contribution in [0, 0.1) is 11.3 Å². The number of amides is 1. The van der Waals surface area contributed by atoms with Crippen LogP contribution in [-0.4, -0.2) is 12.5 Å². The van der Waals surface area contributed by atoms with Crippen molar-refractivity contribution < 1.29 is 9.53 Å². The third-order valence-corrected chi connectivity index (χ3v) is 5.81. The van der Waals surface area contributed by atoms with Crippen LogP contribution in [0.1, 0.15) is 23.6 Å². The number of nitrogens with zero attached hydrogens (tertiary/aromatic N) is 1. The van der Waals surface area contributed by atoms with Crippen molar-refractivity contribution in [3.8, 4) is 11.8 Å². The highest BCUT2D eigenvalue weighted by molar-refractivity contribution is 9.10. The zero-order valence-corrected chi connectivity index (χ0v) is 20.0. The summed E-state index contributed by atoms with van der Waals surface area (Å²) >= 11 is 6.94. The van der Waals surface area contributed by atoms with Gasteiger partial charge in [0.2, 0.25) is 0 Å². The number of hydrogen-bond acceptors (Lipinski definition) is 3. The molecule has 0 saturated heterocycles. The van der Waals surface area contributed by atoms with Crippen molar-refractivity contribution in [2.45, 2.75) is 13.3 Å². The largest absolute Gasteiger partial charge is 0.494 e. The number of carbonyl (C=O) groups excluding carboxylic acids is 1. The fourth-order valence-corrected chi connectivity index (χ4v) is 3.68. The molecule has 0 fully saturated rings. The Bertz CT molecular complexity index is 1150. The first-order chi connectivity index (χ1) is 15.0. The van der Waals surface area contributed by atoms with Crippen molar-refractivity contribution >= 4 is 49.5 Å². The molecule has 0 spiro atoms. The van der Waals surface area contributed by atoms with E-state index in [2.05, 4.69) is 43.2 Å². The number of rotatable bonds is 7. The zero-order chi connectivity index (χ0) is 22.2. The molecule has 0 bridgehead atoms. The van der Waals surface area contributed by atoms with Crippen LogP contribution in [0.2, 0.25) is 0 Å². The predicted molar refractivity (Wildman–Crippen MR) is 131 cm³/mol. The molecule has 0 unspecified atom stereocenters. The smallest absolute Gasteiger partial charge is 0.266 e. The Morgan fingerprint density at radius 2 is 1.81 bits per heavy atom. The standard InChI is InChI=1S/C25H20Br2N2O2/c1-2-31-24-14-17(7-8-19(24)15-18-5-3-4-6-23(18)27)13-20(16-28)25(30)29-22-11-9-21(26)10-12-22/h3-14H,2,15H2,1H3,(H,29,30)/b20-13+. The summed E-state index contributed by atoms with van der Waals surface area (Å²) in [5.74, 6) is 0.276. The molecule has 0 aliphatic heterocycles. The number of halogens is 2. The number of nitriles is 1. The van der Waals surface area contributed by atoms with Gasteiger partial charge >= 0.3 is 0 Å². The van der Waals surface area contributed by atoms with Crippen molar-refractivity contribution in [2.75, 3.05) is 11.9 Å². The lowest BCUT2D eigenvalue weighted by Gasteiger charge is -2.12. The van der Waals surface area contributed by atoms with Crippen LogP contribution >= 0.6 is 31.9 Å². The number of ether oxygens (including phenoxy) is 1. The molecule has 0 atom stereocenters. The van der Waals surface area contributed by atoms with Gasteiger partial charge in [0.25, 0.3) is 5.91 Å². The van der Waals surface area contributed by atoms with E-state index >= 15 is 0 Å². The van der Waals surface area contributed by atoms with Crippen LogP contribution < -0.4 is 10.1 Å². The molecular weight excluding hydrogens is 520 g/mol. The lowest BCUT2D eigenvalue weighted by Crippen LogP contribution is -2.13. The minimum Gasteiger partial charge on any atom is -0.494 e. The third kappa shape index (κ3) is 6.30. The summed E-state index contributed by atoms with van der Waals surface area (Å²) in [6, 6.07) is 22.9. The molecule has 31 heavy (non-hydrogen) atoms. The topological polar surface area (TPSA) is 62.1 Å². The number of carbonyl (C=O) groups is 1. The van der Waals surface area contributed by atoms with Gasteiger partial charge in [0.05, 0.1) is 6.61 Å². The van der Waals surface area contributed by atoms with Crippen LogP contribution in [0.5, 0.6) is 5.75 Å². The molecule has 0 aromatic heterocycles. The molecule has 1 amide bonds. The van der Waals surface area contributed by atoms with Gasteiger partial charge in [0, 0.05) is 21.1 Å². The maximum absolute atomic E-state index is 12.5. The average Bonchev–Trinajstić information content (AvgIpc) is 2.77. The number of benzene rings is 3. The molecule has 3 rings (SSSR count). The fourth-order valence-electron chi connectivity index (χ4n) is 2.99. The first-order valence-electron chi connectivity index (χ1n) is 9.68. The van der Waals surface area contributed by atoms with Gasteiger partial charge in [0.1, 0.15) is 17.4 Å². The van der Waals surface area contributed by atoms with E-state index in [1.807, 2.05) is 61.5 Å². The molecule has 156 valence electrons. The second-order valence-electron chi connectivity index (χ2n) is 6.70. The summed E-state index contributed by atoms with van der Waals surface area (Å²) < 4.78 is 7.79. The van der Waals surface area contributed by atoms with Gasteiger partial charge in [0.15, 0.2) is 0 Å². The highest BCUT2D eigenvalue weighted by Crippen LogP contribution is 2.27. The molecule has 0 radical (unpaired) electrons. The first kappa shape index (κ1) is 22.8. The Labute approximate surface area is 198 Å². The van der Waals surface area contributed by atoms with Crippen LogP contribution in [0.3, 0.4) is 0 Å². The van der Waals surface area contributed by atoms with Gasteiger partial charge < -0.3 is 10.1 Å². The lowest BCUT2D eigenvalue weighted by molar-refractivity contribution is -0.112. The van der Waals surface area contributed by atoms with E-state index in [0.717, 1.165) is 31.4 Å². The summed E-state index contributed by atoms with van der Waals surface area (Å²) in [4.78, 5) is 12.5. The highest BCUT2D eigenvalue weighted by atomic mass is 79.9. The molecule has 0 aliphatic carbocycles. The molecule has 3 aromatic rings. The summed E-state index contributed by atoms with van der Waals surface area (Å²) in [5.41, 5.74) is 3.54. The molecule has 3 aromatic carbocycles. The van der Waals surface area contributed by atoms with Crippen molar-refractivity contribution in [1.82, 2.24) is 0 Å². The normalized spacial score (nSPS) is 11.0. The summed E-state index contributed by atoms with van der Waals surface area (Å²) in [6.07, 6.45) is 2.27. The number of hydrogen-bond donors (Lipinski definition) is 1. The predicted octanol–water partition coefficient (Wildman–Crippen LogP) is 6.75. The molecule has 0 heterocycles. The van der Waals surface area contributed by atoms with Crippen molar-refractivity contribution in [1.29, 1.82) is 5.26 Å². The van der Waals surface area contributed by atoms with E-state index in [-0.39, 0.29) is 5.57 Å². The number of nitrogens with one attached hydrogen (secondary N) is 1. The van der Waals surface area contributed by atoms with E-state index in [9.17, 15) is 10.1 Å².